The molecule has 2 aliphatic heterocycles. The number of nitrogens with zero attached hydrogens (tertiary/aromatic N) is 1. The van der Waals surface area contributed by atoms with Crippen LogP contribution in [0.1, 0.15) is 59.4 Å². The Morgan fingerprint density at radius 3 is 2.13 bits per heavy atom. The highest BCUT2D eigenvalue weighted by Gasteiger charge is 2.65. The number of piperidine rings is 1. The second-order valence-electron chi connectivity index (χ2n) is 10.1. The molecule has 0 radical (unpaired) electrons. The minimum Gasteiger partial charge on any atom is -0.481 e. The molecule has 4 rings (SSSR count). The minimum absolute atomic E-state index is 0.00159. The van der Waals surface area contributed by atoms with Crippen LogP contribution in [-0.2, 0) is 14.3 Å². The lowest BCUT2D eigenvalue weighted by atomic mass is 9.51. The molecule has 0 aromatic heterocycles. The van der Waals surface area contributed by atoms with Crippen molar-refractivity contribution in [3.63, 3.8) is 0 Å². The van der Waals surface area contributed by atoms with E-state index in [9.17, 15) is 29.4 Å². The molecule has 3 N–H and O–H groups in total. The fourth-order valence-electron chi connectivity index (χ4n) is 6.10. The Kier molecular flexibility index (Phi) is 7.65. The van der Waals surface area contributed by atoms with Gasteiger partial charge < -0.3 is 20.3 Å². The molecule has 202 valence electrons. The molecule has 10 heteroatoms. The number of benzene rings is 2. The lowest BCUT2D eigenvalue weighted by Gasteiger charge is -2.56. The second kappa shape index (κ2) is 10.5. The third-order valence-electron chi connectivity index (χ3n) is 8.37. The molecular weight excluding hydrogens is 512 g/mol. The minimum atomic E-state index is -1.58. The van der Waals surface area contributed by atoms with E-state index in [2.05, 4.69) is 5.32 Å². The van der Waals surface area contributed by atoms with E-state index in [1.54, 1.807) is 69.3 Å². The summed E-state index contributed by atoms with van der Waals surface area (Å²) in [7, 11) is 0. The van der Waals surface area contributed by atoms with E-state index in [0.29, 0.717) is 21.7 Å². The van der Waals surface area contributed by atoms with Crippen LogP contribution in [-0.4, -0.2) is 70.7 Å². The molecule has 5 atom stereocenters. The summed E-state index contributed by atoms with van der Waals surface area (Å²) in [5.41, 5.74) is -1.96. The molecule has 38 heavy (non-hydrogen) atoms. The predicted octanol–water partition coefficient (Wildman–Crippen LogP) is 3.67. The van der Waals surface area contributed by atoms with Crippen molar-refractivity contribution < 1.29 is 34.1 Å². The zero-order valence-corrected chi connectivity index (χ0v) is 22.2. The van der Waals surface area contributed by atoms with Crippen LogP contribution < -0.4 is 5.32 Å². The highest BCUT2D eigenvalue weighted by molar-refractivity contribution is 6.31. The normalized spacial score (nSPS) is 28.8. The summed E-state index contributed by atoms with van der Waals surface area (Å²) in [4.78, 5) is 52.2. The quantitative estimate of drug-likeness (QED) is 0.323. The summed E-state index contributed by atoms with van der Waals surface area (Å²) in [5, 5.41) is 24.5. The van der Waals surface area contributed by atoms with Gasteiger partial charge in [-0.05, 0) is 44.0 Å². The maximum atomic E-state index is 13.1. The van der Waals surface area contributed by atoms with E-state index >= 15 is 0 Å². The second-order valence-corrected chi connectivity index (χ2v) is 10.5. The van der Waals surface area contributed by atoms with Gasteiger partial charge in [-0.1, -0.05) is 48.9 Å². The monoisotopic (exact) mass is 542 g/mol. The number of imide groups is 1. The number of carbonyl (C=O) groups excluding carboxylic acids is 2. The summed E-state index contributed by atoms with van der Waals surface area (Å²) in [6, 6.07) is 11.9. The van der Waals surface area contributed by atoms with Crippen molar-refractivity contribution in [1.29, 1.82) is 0 Å². The van der Waals surface area contributed by atoms with Crippen molar-refractivity contribution in [3.05, 3.63) is 70.2 Å². The van der Waals surface area contributed by atoms with Crippen molar-refractivity contribution in [2.75, 3.05) is 19.8 Å². The van der Waals surface area contributed by atoms with Crippen LogP contribution >= 0.6 is 11.6 Å². The number of carboxylic acids is 2. The number of hydrogen-bond acceptors (Lipinski definition) is 6. The predicted molar refractivity (Wildman–Crippen MR) is 139 cm³/mol. The van der Waals surface area contributed by atoms with Gasteiger partial charge in [-0.15, -0.1) is 0 Å². The van der Waals surface area contributed by atoms with Gasteiger partial charge in [-0.3, -0.25) is 24.1 Å². The number of fused-ring (bicyclic) bond motifs is 1. The van der Waals surface area contributed by atoms with E-state index in [1.165, 1.54) is 0 Å². The Hall–Kier alpha value is -3.27. The molecule has 0 saturated carbocycles. The molecule has 9 nitrogen and oxygen atoms in total. The van der Waals surface area contributed by atoms with Crippen molar-refractivity contribution in [2.45, 2.75) is 45.2 Å². The zero-order valence-electron chi connectivity index (χ0n) is 21.4. The lowest BCUT2D eigenvalue weighted by molar-refractivity contribution is -0.174. The molecule has 1 saturated heterocycles. The average molecular weight is 543 g/mol. The third-order valence-corrected chi connectivity index (χ3v) is 8.71. The number of aliphatic carboxylic acids is 2. The summed E-state index contributed by atoms with van der Waals surface area (Å²) in [6.07, 6.45) is 0.104. The highest BCUT2D eigenvalue weighted by Crippen LogP contribution is 2.58. The molecule has 0 unspecified atom stereocenters. The highest BCUT2D eigenvalue weighted by atomic mass is 35.5. The molecule has 2 aromatic rings. The van der Waals surface area contributed by atoms with Gasteiger partial charge in [-0.25, -0.2) is 0 Å². The van der Waals surface area contributed by atoms with Crippen molar-refractivity contribution in [1.82, 2.24) is 10.2 Å². The topological polar surface area (TPSA) is 133 Å². The lowest BCUT2D eigenvalue weighted by Crippen LogP contribution is -2.70. The molecule has 2 aliphatic rings. The summed E-state index contributed by atoms with van der Waals surface area (Å²) in [5.74, 6) is -4.08. The van der Waals surface area contributed by atoms with Crippen LogP contribution in [0.4, 0.5) is 0 Å². The van der Waals surface area contributed by atoms with E-state index < -0.39 is 52.6 Å². The fourth-order valence-corrected chi connectivity index (χ4v) is 6.34. The molecule has 1 fully saturated rings. The Morgan fingerprint density at radius 2 is 1.61 bits per heavy atom. The van der Waals surface area contributed by atoms with Crippen LogP contribution in [0.5, 0.6) is 0 Å². The first-order valence-electron chi connectivity index (χ1n) is 12.5. The van der Waals surface area contributed by atoms with Gasteiger partial charge in [0.15, 0.2) is 0 Å². The Bertz CT molecular complexity index is 1250. The van der Waals surface area contributed by atoms with Crippen molar-refractivity contribution in [2.24, 2.45) is 10.8 Å². The number of amides is 2. The van der Waals surface area contributed by atoms with E-state index in [4.69, 9.17) is 16.3 Å². The fraction of sp³-hybridized carbons (Fsp3) is 0.429. The van der Waals surface area contributed by atoms with Crippen LogP contribution in [0.3, 0.4) is 0 Å². The van der Waals surface area contributed by atoms with Gasteiger partial charge in [0, 0.05) is 23.0 Å². The van der Waals surface area contributed by atoms with Gasteiger partial charge in [0.25, 0.3) is 11.8 Å². The number of nitrogens with one attached hydrogen (secondary N) is 1. The molecule has 0 bridgehead atoms. The SMILES string of the molecule is CC[C@]1(C(=O)O)[C@@H](COCCN2C(=O)c3ccccc3C2=O)N[C@H](C)[C@@](C)(C(=O)O)[C@@H]1c1ccccc1Cl. The zero-order chi connectivity index (χ0) is 27.8. The van der Waals surface area contributed by atoms with E-state index in [1.807, 2.05) is 0 Å². The standard InChI is InChI=1S/C28H31ClN2O7/c1-4-28(26(36)37)21(15-38-14-13-31-23(32)17-9-5-6-10-18(17)24(31)33)30-16(2)27(3,25(34)35)22(28)19-11-7-8-12-20(19)29/h5-12,16,21-22,30H,4,13-15H2,1-3H3,(H,34,35)(H,36,37)/t16-,21-,22+,27-,28+/m1/s1. The molecule has 2 amide bonds. The average Bonchev–Trinajstić information content (AvgIpc) is 3.13. The maximum absolute atomic E-state index is 13.1. The number of halogens is 1. The van der Waals surface area contributed by atoms with Crippen LogP contribution in [0.25, 0.3) is 0 Å². The third kappa shape index (κ3) is 4.19. The van der Waals surface area contributed by atoms with Gasteiger partial charge >= 0.3 is 11.9 Å². The summed E-state index contributed by atoms with van der Waals surface area (Å²) >= 11 is 6.53. The number of carbonyl (C=O) groups is 4. The van der Waals surface area contributed by atoms with Crippen molar-refractivity contribution >= 4 is 35.4 Å². The molecule has 0 spiro atoms. The first kappa shape index (κ1) is 27.8. The van der Waals surface area contributed by atoms with E-state index in [-0.39, 0.29) is 26.2 Å². The van der Waals surface area contributed by atoms with Crippen molar-refractivity contribution in [3.8, 4) is 0 Å². The maximum Gasteiger partial charge on any atom is 0.311 e. The summed E-state index contributed by atoms with van der Waals surface area (Å²) in [6.45, 7) is 4.89. The molecule has 2 aromatic carbocycles. The number of rotatable bonds is 9. The number of hydrogen-bond donors (Lipinski definition) is 3. The largest absolute Gasteiger partial charge is 0.481 e. The van der Waals surface area contributed by atoms with E-state index in [0.717, 1.165) is 4.90 Å². The molecular formula is C28H31ClN2O7. The molecule has 0 aliphatic carbocycles. The Labute approximate surface area is 225 Å². The number of carboxylic acid groups (broad SMARTS) is 2. The first-order valence-corrected chi connectivity index (χ1v) is 12.9. The van der Waals surface area contributed by atoms with Crippen LogP contribution in [0, 0.1) is 10.8 Å². The smallest absolute Gasteiger partial charge is 0.311 e. The Balaban J connectivity index is 1.61. The van der Waals surface area contributed by atoms with Gasteiger partial charge in [-0.2, -0.15) is 0 Å². The van der Waals surface area contributed by atoms with Crippen LogP contribution in [0.2, 0.25) is 5.02 Å². The van der Waals surface area contributed by atoms with Crippen LogP contribution in [0.15, 0.2) is 48.5 Å². The first-order chi connectivity index (χ1) is 18.0. The Morgan fingerprint density at radius 1 is 1.03 bits per heavy atom. The number of ether oxygens (including phenoxy) is 1. The van der Waals surface area contributed by atoms with Gasteiger partial charge in [0.1, 0.15) is 0 Å². The van der Waals surface area contributed by atoms with Gasteiger partial charge in [0.05, 0.1) is 41.7 Å². The summed E-state index contributed by atoms with van der Waals surface area (Å²) < 4.78 is 5.88. The molecule has 2 heterocycles. The van der Waals surface area contributed by atoms with Gasteiger partial charge in [0.2, 0.25) is 0 Å².